The van der Waals surface area contributed by atoms with Crippen LogP contribution in [-0.4, -0.2) is 48.9 Å². The lowest BCUT2D eigenvalue weighted by atomic mass is 9.67. The fourth-order valence-corrected chi connectivity index (χ4v) is 4.55. The Hall–Kier alpha value is -1.10. The van der Waals surface area contributed by atoms with E-state index < -0.39 is 0 Å². The molecule has 2 N–H and O–H groups in total. The van der Waals surface area contributed by atoms with Gasteiger partial charge in [-0.1, -0.05) is 12.8 Å². The van der Waals surface area contributed by atoms with Gasteiger partial charge in [0.25, 0.3) is 0 Å². The normalized spacial score (nSPS) is 36.1. The molecule has 0 aromatic carbocycles. The van der Waals surface area contributed by atoms with E-state index in [1.54, 1.807) is 6.92 Å². The Labute approximate surface area is 126 Å². The van der Waals surface area contributed by atoms with Crippen LogP contribution in [0.4, 0.5) is 0 Å². The topological polar surface area (TPSA) is 61.4 Å². The van der Waals surface area contributed by atoms with Crippen LogP contribution in [0.2, 0.25) is 0 Å². The van der Waals surface area contributed by atoms with Gasteiger partial charge in [0.15, 0.2) is 0 Å². The Morgan fingerprint density at radius 1 is 1.24 bits per heavy atom. The van der Waals surface area contributed by atoms with Crippen molar-refractivity contribution in [3.8, 4) is 0 Å². The monoisotopic (exact) mass is 293 g/mol. The number of fused-ring (bicyclic) bond motifs is 1. The molecule has 3 fully saturated rings. The molecule has 3 aliphatic rings. The van der Waals surface area contributed by atoms with Gasteiger partial charge in [0.1, 0.15) is 0 Å². The molecule has 21 heavy (non-hydrogen) atoms. The Bertz CT molecular complexity index is 426. The van der Waals surface area contributed by atoms with E-state index in [0.29, 0.717) is 18.4 Å². The molecule has 0 bridgehead atoms. The van der Waals surface area contributed by atoms with Crippen LogP contribution in [0, 0.1) is 11.3 Å². The predicted molar refractivity (Wildman–Crippen MR) is 80.7 cm³/mol. The molecular formula is C16H27N3O2. The Morgan fingerprint density at radius 3 is 2.90 bits per heavy atom. The summed E-state index contributed by atoms with van der Waals surface area (Å²) in [6.07, 6.45) is 6.62. The van der Waals surface area contributed by atoms with Crippen LogP contribution in [0.3, 0.4) is 0 Å². The number of likely N-dealkylation sites (tertiary alicyclic amines) is 1. The van der Waals surface area contributed by atoms with Gasteiger partial charge in [0.05, 0.1) is 5.41 Å². The number of carbonyl (C=O) groups is 2. The minimum Gasteiger partial charge on any atom is -0.352 e. The van der Waals surface area contributed by atoms with Gasteiger partial charge in [-0.05, 0) is 38.1 Å². The number of hydrogen-bond donors (Lipinski definition) is 2. The van der Waals surface area contributed by atoms with Gasteiger partial charge in [0, 0.05) is 32.6 Å². The molecule has 0 spiro atoms. The maximum atomic E-state index is 13.2. The van der Waals surface area contributed by atoms with Gasteiger partial charge in [0.2, 0.25) is 11.8 Å². The highest BCUT2D eigenvalue weighted by Gasteiger charge is 2.51. The minimum absolute atomic E-state index is 0.00513. The summed E-state index contributed by atoms with van der Waals surface area (Å²) in [4.78, 5) is 26.4. The third-order valence-corrected chi connectivity index (χ3v) is 5.58. The van der Waals surface area contributed by atoms with Crippen LogP contribution in [0.15, 0.2) is 0 Å². The van der Waals surface area contributed by atoms with Crippen LogP contribution in [-0.2, 0) is 9.59 Å². The zero-order valence-corrected chi connectivity index (χ0v) is 13.0. The number of carbonyl (C=O) groups excluding carboxylic acids is 2. The number of piperidine rings is 1. The van der Waals surface area contributed by atoms with Crippen molar-refractivity contribution >= 4 is 11.8 Å². The average molecular weight is 293 g/mol. The van der Waals surface area contributed by atoms with Crippen molar-refractivity contribution in [2.24, 2.45) is 11.3 Å². The highest BCUT2D eigenvalue weighted by Crippen LogP contribution is 2.45. The van der Waals surface area contributed by atoms with Gasteiger partial charge in [-0.15, -0.1) is 0 Å². The lowest BCUT2D eigenvalue weighted by Gasteiger charge is -2.43. The predicted octanol–water partition coefficient (Wildman–Crippen LogP) is 0.893. The first-order chi connectivity index (χ1) is 10.1. The fourth-order valence-electron chi connectivity index (χ4n) is 4.55. The van der Waals surface area contributed by atoms with Crippen LogP contribution in [0.25, 0.3) is 0 Å². The molecule has 5 nitrogen and oxygen atoms in total. The zero-order chi connectivity index (χ0) is 14.9. The van der Waals surface area contributed by atoms with Gasteiger partial charge in [-0.3, -0.25) is 9.59 Å². The van der Waals surface area contributed by atoms with Crippen LogP contribution in [0.1, 0.15) is 45.4 Å². The fraction of sp³-hybridized carbons (Fsp3) is 0.875. The molecule has 2 aliphatic heterocycles. The summed E-state index contributed by atoms with van der Waals surface area (Å²) in [5.41, 5.74) is -0.156. The Balaban J connectivity index is 1.70. The summed E-state index contributed by atoms with van der Waals surface area (Å²) >= 11 is 0. The second kappa shape index (κ2) is 5.95. The number of amides is 2. The average Bonchev–Trinajstić information content (AvgIpc) is 2.91. The first-order valence-corrected chi connectivity index (χ1v) is 8.39. The second-order valence-electron chi connectivity index (χ2n) is 7.02. The molecule has 2 amide bonds. The molecule has 1 unspecified atom stereocenters. The van der Waals surface area contributed by atoms with E-state index in [9.17, 15) is 9.59 Å². The smallest absolute Gasteiger partial charge is 0.230 e. The van der Waals surface area contributed by atoms with Crippen molar-refractivity contribution in [3.05, 3.63) is 0 Å². The molecule has 1 saturated carbocycles. The van der Waals surface area contributed by atoms with E-state index in [-0.39, 0.29) is 17.4 Å². The first-order valence-electron chi connectivity index (χ1n) is 8.39. The summed E-state index contributed by atoms with van der Waals surface area (Å²) in [6, 6.07) is 0.132. The third kappa shape index (κ3) is 2.80. The number of nitrogens with one attached hydrogen (secondary N) is 2. The quantitative estimate of drug-likeness (QED) is 0.795. The molecule has 2 saturated heterocycles. The molecule has 1 aliphatic carbocycles. The summed E-state index contributed by atoms with van der Waals surface area (Å²) in [6.45, 7) is 4.93. The summed E-state index contributed by atoms with van der Waals surface area (Å²) in [5.74, 6) is 0.859. The van der Waals surface area contributed by atoms with Crippen molar-refractivity contribution in [1.29, 1.82) is 0 Å². The molecule has 0 aromatic rings. The molecule has 5 heteroatoms. The van der Waals surface area contributed by atoms with Gasteiger partial charge in [-0.25, -0.2) is 0 Å². The van der Waals surface area contributed by atoms with E-state index in [0.717, 1.165) is 38.9 Å². The summed E-state index contributed by atoms with van der Waals surface area (Å²) in [7, 11) is 0. The molecule has 0 radical (unpaired) electrons. The van der Waals surface area contributed by atoms with Crippen LogP contribution < -0.4 is 10.6 Å². The van der Waals surface area contributed by atoms with Gasteiger partial charge >= 0.3 is 0 Å². The SMILES string of the molecule is CC(=O)NC1CCCN(C(=O)[C@@]23CCCC[C@H]2CNC3)C1. The molecular weight excluding hydrogens is 266 g/mol. The van der Waals surface area contributed by atoms with E-state index in [2.05, 4.69) is 10.6 Å². The Morgan fingerprint density at radius 2 is 2.10 bits per heavy atom. The minimum atomic E-state index is -0.156. The number of rotatable bonds is 2. The van der Waals surface area contributed by atoms with Crippen molar-refractivity contribution < 1.29 is 9.59 Å². The molecule has 0 aromatic heterocycles. The van der Waals surface area contributed by atoms with Crippen molar-refractivity contribution in [3.63, 3.8) is 0 Å². The standard InChI is InChI=1S/C16H27N3O2/c1-12(20)18-14-6-4-8-19(10-14)15(21)16-7-3-2-5-13(16)9-17-11-16/h13-14,17H,2-11H2,1H3,(H,18,20)/t13-,14?,16+/m0/s1. The van der Waals surface area contributed by atoms with E-state index in [1.165, 1.54) is 19.3 Å². The maximum Gasteiger partial charge on any atom is 0.230 e. The molecule has 3 rings (SSSR count). The lowest BCUT2D eigenvalue weighted by Crippen LogP contribution is -2.55. The van der Waals surface area contributed by atoms with E-state index in [4.69, 9.17) is 0 Å². The van der Waals surface area contributed by atoms with Crippen molar-refractivity contribution in [1.82, 2.24) is 15.5 Å². The molecule has 3 atom stereocenters. The lowest BCUT2D eigenvalue weighted by molar-refractivity contribution is -0.147. The van der Waals surface area contributed by atoms with Gasteiger partial charge < -0.3 is 15.5 Å². The van der Waals surface area contributed by atoms with Crippen molar-refractivity contribution in [2.75, 3.05) is 26.2 Å². The van der Waals surface area contributed by atoms with E-state index in [1.807, 2.05) is 4.90 Å². The van der Waals surface area contributed by atoms with E-state index >= 15 is 0 Å². The number of nitrogens with zero attached hydrogens (tertiary/aromatic N) is 1. The second-order valence-corrected chi connectivity index (χ2v) is 7.02. The van der Waals surface area contributed by atoms with Gasteiger partial charge in [-0.2, -0.15) is 0 Å². The number of hydrogen-bond acceptors (Lipinski definition) is 3. The highest BCUT2D eigenvalue weighted by molar-refractivity contribution is 5.84. The summed E-state index contributed by atoms with van der Waals surface area (Å²) in [5, 5.41) is 6.43. The van der Waals surface area contributed by atoms with Crippen LogP contribution in [0.5, 0.6) is 0 Å². The highest BCUT2D eigenvalue weighted by atomic mass is 16.2. The largest absolute Gasteiger partial charge is 0.352 e. The zero-order valence-electron chi connectivity index (χ0n) is 13.0. The maximum absolute atomic E-state index is 13.2. The third-order valence-electron chi connectivity index (χ3n) is 5.58. The Kier molecular flexibility index (Phi) is 4.20. The molecule has 118 valence electrons. The first kappa shape index (κ1) is 14.8. The van der Waals surface area contributed by atoms with Crippen LogP contribution >= 0.6 is 0 Å². The molecule has 2 heterocycles. The van der Waals surface area contributed by atoms with Crippen molar-refractivity contribution in [2.45, 2.75) is 51.5 Å². The summed E-state index contributed by atoms with van der Waals surface area (Å²) < 4.78 is 0.